The number of rotatable bonds is 5. The first kappa shape index (κ1) is 19.3. The van der Waals surface area contributed by atoms with Gasteiger partial charge in [-0.15, -0.1) is 22.7 Å². The molecule has 9 heteroatoms. The molecule has 3 rings (SSSR count). The number of benzene rings is 1. The predicted molar refractivity (Wildman–Crippen MR) is 106 cm³/mol. The van der Waals surface area contributed by atoms with Crippen molar-refractivity contribution in [3.63, 3.8) is 0 Å². The number of sulfone groups is 1. The maximum absolute atomic E-state index is 12.9. The van der Waals surface area contributed by atoms with Crippen LogP contribution in [-0.2, 0) is 9.84 Å². The largest absolute Gasteiger partial charge is 0.365 e. The van der Waals surface area contributed by atoms with Crippen molar-refractivity contribution in [1.82, 2.24) is 0 Å². The molecule has 3 N–H and O–H groups in total. The molecule has 0 unspecified atom stereocenters. The lowest BCUT2D eigenvalue weighted by Gasteiger charge is -2.03. The van der Waals surface area contributed by atoms with E-state index in [1.807, 2.05) is 6.92 Å². The SMILES string of the molecule is Cc1ccc(C(=O)Nc2sc(S(=O)(=O)c3ccccc3)c(C)c2C(N)=O)s1. The van der Waals surface area contributed by atoms with Gasteiger partial charge in [-0.25, -0.2) is 8.42 Å². The summed E-state index contributed by atoms with van der Waals surface area (Å²) >= 11 is 2.13. The average molecular weight is 421 g/mol. The van der Waals surface area contributed by atoms with Gasteiger partial charge in [-0.1, -0.05) is 18.2 Å². The minimum absolute atomic E-state index is 0.0103. The fraction of sp³-hybridized carbons (Fsp3) is 0.111. The monoisotopic (exact) mass is 420 g/mol. The van der Waals surface area contributed by atoms with Gasteiger partial charge in [-0.2, -0.15) is 0 Å². The summed E-state index contributed by atoms with van der Waals surface area (Å²) in [5.41, 5.74) is 5.69. The van der Waals surface area contributed by atoms with E-state index in [1.54, 1.807) is 30.3 Å². The van der Waals surface area contributed by atoms with Crippen LogP contribution in [0.25, 0.3) is 0 Å². The first-order chi connectivity index (χ1) is 12.7. The van der Waals surface area contributed by atoms with E-state index in [1.165, 1.54) is 30.4 Å². The summed E-state index contributed by atoms with van der Waals surface area (Å²) in [4.78, 5) is 25.9. The van der Waals surface area contributed by atoms with Crippen molar-refractivity contribution < 1.29 is 18.0 Å². The second-order valence-corrected chi connectivity index (χ2v) is 10.2. The van der Waals surface area contributed by atoms with Crippen LogP contribution in [-0.4, -0.2) is 20.2 Å². The van der Waals surface area contributed by atoms with Crippen LogP contribution in [0, 0.1) is 13.8 Å². The maximum atomic E-state index is 12.9. The van der Waals surface area contributed by atoms with E-state index in [0.717, 1.165) is 16.2 Å². The summed E-state index contributed by atoms with van der Waals surface area (Å²) in [6.45, 7) is 3.38. The van der Waals surface area contributed by atoms with Gasteiger partial charge in [0.25, 0.3) is 11.8 Å². The lowest BCUT2D eigenvalue weighted by molar-refractivity contribution is 0.100. The zero-order valence-corrected chi connectivity index (χ0v) is 16.9. The van der Waals surface area contributed by atoms with Crippen molar-refractivity contribution in [2.75, 3.05) is 5.32 Å². The maximum Gasteiger partial charge on any atom is 0.266 e. The molecule has 0 saturated carbocycles. The number of carbonyl (C=O) groups excluding carboxylic acids is 2. The highest BCUT2D eigenvalue weighted by atomic mass is 32.2. The Kier molecular flexibility index (Phi) is 5.18. The topological polar surface area (TPSA) is 106 Å². The number of nitrogens with two attached hydrogens (primary N) is 1. The summed E-state index contributed by atoms with van der Waals surface area (Å²) in [5.74, 6) is -1.21. The van der Waals surface area contributed by atoms with Crippen molar-refractivity contribution in [1.29, 1.82) is 0 Å². The number of aryl methyl sites for hydroxylation is 1. The number of amides is 2. The van der Waals surface area contributed by atoms with Gasteiger partial charge in [0.2, 0.25) is 9.84 Å². The van der Waals surface area contributed by atoms with E-state index < -0.39 is 21.7 Å². The number of hydrogen-bond acceptors (Lipinski definition) is 6. The molecular formula is C18H16N2O4S3. The van der Waals surface area contributed by atoms with Gasteiger partial charge in [0.1, 0.15) is 9.21 Å². The molecule has 0 spiro atoms. The van der Waals surface area contributed by atoms with Gasteiger partial charge in [0.15, 0.2) is 0 Å². The highest BCUT2D eigenvalue weighted by molar-refractivity contribution is 7.93. The Morgan fingerprint density at radius 3 is 2.22 bits per heavy atom. The third-order valence-corrected chi connectivity index (χ3v) is 8.43. The fourth-order valence-corrected chi connectivity index (χ4v) is 6.48. The number of hydrogen-bond donors (Lipinski definition) is 2. The van der Waals surface area contributed by atoms with E-state index in [0.29, 0.717) is 4.88 Å². The number of nitrogens with one attached hydrogen (secondary N) is 1. The summed E-state index contributed by atoms with van der Waals surface area (Å²) < 4.78 is 25.9. The lowest BCUT2D eigenvalue weighted by atomic mass is 10.2. The predicted octanol–water partition coefficient (Wildman–Crippen LogP) is 3.61. The summed E-state index contributed by atoms with van der Waals surface area (Å²) in [6, 6.07) is 11.4. The van der Waals surface area contributed by atoms with E-state index >= 15 is 0 Å². The van der Waals surface area contributed by atoms with Crippen LogP contribution in [0.3, 0.4) is 0 Å². The molecular weight excluding hydrogens is 404 g/mol. The Balaban J connectivity index is 2.07. The number of thiophene rings is 2. The highest BCUT2D eigenvalue weighted by Gasteiger charge is 2.29. The molecule has 2 aromatic heterocycles. The molecule has 0 bridgehead atoms. The molecule has 0 atom stereocenters. The van der Waals surface area contributed by atoms with Crippen LogP contribution in [0.2, 0.25) is 0 Å². The number of carbonyl (C=O) groups is 2. The summed E-state index contributed by atoms with van der Waals surface area (Å²) in [6.07, 6.45) is 0. The van der Waals surface area contributed by atoms with E-state index in [4.69, 9.17) is 5.73 Å². The Morgan fingerprint density at radius 1 is 1.00 bits per heavy atom. The quantitative estimate of drug-likeness (QED) is 0.657. The average Bonchev–Trinajstić information content (AvgIpc) is 3.19. The molecule has 0 fully saturated rings. The number of anilines is 1. The first-order valence-corrected chi connectivity index (χ1v) is 10.9. The third-order valence-electron chi connectivity index (χ3n) is 3.84. The third kappa shape index (κ3) is 3.66. The van der Waals surface area contributed by atoms with Gasteiger partial charge in [-0.05, 0) is 43.7 Å². The van der Waals surface area contributed by atoms with Crippen molar-refractivity contribution in [3.8, 4) is 0 Å². The Bertz CT molecular complexity index is 1130. The Morgan fingerprint density at radius 2 is 1.67 bits per heavy atom. The van der Waals surface area contributed by atoms with Gasteiger partial charge in [0.05, 0.1) is 15.3 Å². The molecule has 27 heavy (non-hydrogen) atoms. The molecule has 6 nitrogen and oxygen atoms in total. The Hall–Kier alpha value is -2.49. The van der Waals surface area contributed by atoms with Crippen LogP contribution in [0.5, 0.6) is 0 Å². The van der Waals surface area contributed by atoms with E-state index in [2.05, 4.69) is 5.32 Å². The highest BCUT2D eigenvalue weighted by Crippen LogP contribution is 2.39. The number of primary amides is 1. The molecule has 2 heterocycles. The van der Waals surface area contributed by atoms with Gasteiger partial charge in [-0.3, -0.25) is 9.59 Å². The Labute approximate surface area is 164 Å². The zero-order valence-electron chi connectivity index (χ0n) is 14.5. The molecule has 0 aliphatic carbocycles. The second-order valence-electron chi connectivity index (χ2n) is 5.76. The second kappa shape index (κ2) is 7.26. The normalized spacial score (nSPS) is 11.3. The van der Waals surface area contributed by atoms with Crippen LogP contribution in [0.15, 0.2) is 51.6 Å². The van der Waals surface area contributed by atoms with Crippen LogP contribution in [0.4, 0.5) is 5.00 Å². The molecule has 2 amide bonds. The minimum Gasteiger partial charge on any atom is -0.365 e. The zero-order chi connectivity index (χ0) is 19.8. The van der Waals surface area contributed by atoms with Crippen molar-refractivity contribution in [3.05, 3.63) is 63.3 Å². The molecule has 0 aliphatic rings. The smallest absolute Gasteiger partial charge is 0.266 e. The van der Waals surface area contributed by atoms with Gasteiger partial charge >= 0.3 is 0 Å². The van der Waals surface area contributed by atoms with Gasteiger partial charge in [0, 0.05) is 4.88 Å². The molecule has 140 valence electrons. The standard InChI is InChI=1S/C18H16N2O4S3/c1-10-8-9-13(25-10)16(22)20-17-14(15(19)21)11(2)18(26-17)27(23,24)12-6-4-3-5-7-12/h3-9H,1-2H3,(H2,19,21)(H,20,22). The molecule has 0 radical (unpaired) electrons. The van der Waals surface area contributed by atoms with Crippen molar-refractivity contribution in [2.45, 2.75) is 23.0 Å². The summed E-state index contributed by atoms with van der Waals surface area (Å²) in [7, 11) is -3.84. The fourth-order valence-electron chi connectivity index (χ4n) is 2.56. The lowest BCUT2D eigenvalue weighted by Crippen LogP contribution is -2.17. The van der Waals surface area contributed by atoms with E-state index in [9.17, 15) is 18.0 Å². The van der Waals surface area contributed by atoms with Gasteiger partial charge < -0.3 is 11.1 Å². The van der Waals surface area contributed by atoms with E-state index in [-0.39, 0.29) is 25.2 Å². The molecule has 0 aliphatic heterocycles. The van der Waals surface area contributed by atoms with Crippen LogP contribution in [0.1, 0.15) is 30.5 Å². The minimum atomic E-state index is -3.84. The van der Waals surface area contributed by atoms with Crippen LogP contribution < -0.4 is 11.1 Å². The van der Waals surface area contributed by atoms with Crippen molar-refractivity contribution in [2.24, 2.45) is 5.73 Å². The molecule has 0 saturated heterocycles. The van der Waals surface area contributed by atoms with Crippen LogP contribution >= 0.6 is 22.7 Å². The molecule has 3 aromatic rings. The first-order valence-electron chi connectivity index (χ1n) is 7.83. The van der Waals surface area contributed by atoms with Crippen molar-refractivity contribution >= 4 is 49.3 Å². The summed E-state index contributed by atoms with van der Waals surface area (Å²) in [5, 5.41) is 2.76. The molecule has 1 aromatic carbocycles.